The largest absolute Gasteiger partial charge is 0.365 e. The Kier molecular flexibility index (Phi) is 3.31. The van der Waals surface area contributed by atoms with Crippen LogP contribution in [0.1, 0.15) is 11.3 Å². The van der Waals surface area contributed by atoms with Gasteiger partial charge in [-0.2, -0.15) is 0 Å². The van der Waals surface area contributed by atoms with Gasteiger partial charge in [-0.05, 0) is 18.6 Å². The van der Waals surface area contributed by atoms with Gasteiger partial charge in [0.25, 0.3) is 0 Å². The Morgan fingerprint density at radius 3 is 2.81 bits per heavy atom. The molecule has 0 amide bonds. The fourth-order valence-electron chi connectivity index (χ4n) is 1.23. The van der Waals surface area contributed by atoms with E-state index in [9.17, 15) is 0 Å². The predicted molar refractivity (Wildman–Crippen MR) is 63.3 cm³/mol. The molecule has 0 aliphatic rings. The van der Waals surface area contributed by atoms with E-state index in [-0.39, 0.29) is 0 Å². The van der Waals surface area contributed by atoms with Crippen molar-refractivity contribution >= 4 is 17.4 Å². The van der Waals surface area contributed by atoms with Crippen LogP contribution in [0.25, 0.3) is 0 Å². The van der Waals surface area contributed by atoms with Crippen molar-refractivity contribution < 1.29 is 0 Å². The Bertz CT molecular complexity index is 470. The molecule has 4 nitrogen and oxygen atoms in total. The summed E-state index contributed by atoms with van der Waals surface area (Å²) in [7, 11) is 0. The van der Waals surface area contributed by atoms with Gasteiger partial charge in [0.15, 0.2) is 0 Å². The number of nitrogens with zero attached hydrogens (tertiary/aromatic N) is 3. The Balaban J connectivity index is 2.02. The quantitative estimate of drug-likeness (QED) is 0.886. The van der Waals surface area contributed by atoms with Crippen LogP contribution in [0.5, 0.6) is 0 Å². The standard InChI is InChI=1S/C11H11ClN4/c1-8-2-3-9(4-14-8)5-15-11-10(12)6-13-7-16-11/h2-4,6-7H,5H2,1H3,(H,13,15,16). The molecule has 0 radical (unpaired) electrons. The Hall–Kier alpha value is -1.68. The molecular weight excluding hydrogens is 224 g/mol. The Morgan fingerprint density at radius 1 is 1.25 bits per heavy atom. The van der Waals surface area contributed by atoms with E-state index < -0.39 is 0 Å². The summed E-state index contributed by atoms with van der Waals surface area (Å²) in [4.78, 5) is 12.1. The average Bonchev–Trinajstić information content (AvgIpc) is 2.30. The number of rotatable bonds is 3. The van der Waals surface area contributed by atoms with Gasteiger partial charge in [0.05, 0.1) is 6.20 Å². The molecular formula is C11H11ClN4. The highest BCUT2D eigenvalue weighted by molar-refractivity contribution is 6.32. The molecule has 0 fully saturated rings. The van der Waals surface area contributed by atoms with Crippen LogP contribution in [0.2, 0.25) is 5.02 Å². The van der Waals surface area contributed by atoms with Gasteiger partial charge in [0.2, 0.25) is 0 Å². The number of pyridine rings is 1. The summed E-state index contributed by atoms with van der Waals surface area (Å²) in [6.07, 6.45) is 4.85. The van der Waals surface area contributed by atoms with Crippen molar-refractivity contribution in [1.29, 1.82) is 0 Å². The highest BCUT2D eigenvalue weighted by Gasteiger charge is 2.00. The first-order chi connectivity index (χ1) is 7.75. The molecule has 2 rings (SSSR count). The third kappa shape index (κ3) is 2.67. The number of hydrogen-bond donors (Lipinski definition) is 1. The zero-order valence-corrected chi connectivity index (χ0v) is 9.57. The molecule has 1 N–H and O–H groups in total. The van der Waals surface area contributed by atoms with Crippen LogP contribution in [0.3, 0.4) is 0 Å². The number of hydrogen-bond acceptors (Lipinski definition) is 4. The summed E-state index contributed by atoms with van der Waals surface area (Å²) in [5.41, 5.74) is 2.09. The van der Waals surface area contributed by atoms with Gasteiger partial charge >= 0.3 is 0 Å². The molecule has 0 bridgehead atoms. The number of halogens is 1. The summed E-state index contributed by atoms with van der Waals surface area (Å²) in [5, 5.41) is 3.64. The minimum atomic E-state index is 0.516. The van der Waals surface area contributed by atoms with Gasteiger partial charge in [0, 0.05) is 18.4 Å². The SMILES string of the molecule is Cc1ccc(CNc2ncncc2Cl)cn1. The number of aromatic nitrogens is 3. The van der Waals surface area contributed by atoms with Crippen molar-refractivity contribution in [2.75, 3.05) is 5.32 Å². The van der Waals surface area contributed by atoms with Gasteiger partial charge in [-0.15, -0.1) is 0 Å². The van der Waals surface area contributed by atoms with E-state index in [4.69, 9.17) is 11.6 Å². The second kappa shape index (κ2) is 4.90. The van der Waals surface area contributed by atoms with Crippen LogP contribution in [-0.4, -0.2) is 15.0 Å². The van der Waals surface area contributed by atoms with E-state index in [1.54, 1.807) is 6.20 Å². The summed E-state index contributed by atoms with van der Waals surface area (Å²) in [6, 6.07) is 3.99. The zero-order valence-electron chi connectivity index (χ0n) is 8.81. The number of aryl methyl sites for hydroxylation is 1. The van der Waals surface area contributed by atoms with Crippen LogP contribution in [0.15, 0.2) is 30.9 Å². The molecule has 0 aromatic carbocycles. The normalized spacial score (nSPS) is 10.1. The molecule has 0 unspecified atom stereocenters. The second-order valence-corrected chi connectivity index (χ2v) is 3.79. The highest BCUT2D eigenvalue weighted by Crippen LogP contribution is 2.16. The van der Waals surface area contributed by atoms with Gasteiger partial charge in [-0.25, -0.2) is 9.97 Å². The van der Waals surface area contributed by atoms with E-state index in [0.717, 1.165) is 11.3 Å². The van der Waals surface area contributed by atoms with Crippen molar-refractivity contribution in [2.24, 2.45) is 0 Å². The molecule has 0 saturated carbocycles. The molecule has 0 atom stereocenters. The lowest BCUT2D eigenvalue weighted by Gasteiger charge is -2.06. The van der Waals surface area contributed by atoms with Crippen LogP contribution < -0.4 is 5.32 Å². The lowest BCUT2D eigenvalue weighted by atomic mass is 10.2. The fraction of sp³-hybridized carbons (Fsp3) is 0.182. The first-order valence-electron chi connectivity index (χ1n) is 4.86. The van der Waals surface area contributed by atoms with Gasteiger partial charge < -0.3 is 5.32 Å². The molecule has 2 aromatic rings. The maximum absolute atomic E-state index is 5.91. The third-order valence-corrected chi connectivity index (χ3v) is 2.38. The summed E-state index contributed by atoms with van der Waals surface area (Å²) in [6.45, 7) is 2.60. The zero-order chi connectivity index (χ0) is 11.4. The number of anilines is 1. The average molecular weight is 235 g/mol. The lowest BCUT2D eigenvalue weighted by molar-refractivity contribution is 1.05. The van der Waals surface area contributed by atoms with E-state index in [0.29, 0.717) is 17.4 Å². The maximum atomic E-state index is 5.91. The van der Waals surface area contributed by atoms with E-state index in [1.807, 2.05) is 25.3 Å². The van der Waals surface area contributed by atoms with Crippen molar-refractivity contribution in [3.63, 3.8) is 0 Å². The van der Waals surface area contributed by atoms with E-state index in [2.05, 4.69) is 20.3 Å². The van der Waals surface area contributed by atoms with Gasteiger partial charge in [-0.3, -0.25) is 4.98 Å². The van der Waals surface area contributed by atoms with Crippen molar-refractivity contribution in [1.82, 2.24) is 15.0 Å². The molecule has 16 heavy (non-hydrogen) atoms. The topological polar surface area (TPSA) is 50.7 Å². The summed E-state index contributed by atoms with van der Waals surface area (Å²) in [5.74, 6) is 0.636. The van der Waals surface area contributed by atoms with Gasteiger partial charge in [-0.1, -0.05) is 17.7 Å². The predicted octanol–water partition coefficient (Wildman–Crippen LogP) is 2.45. The molecule has 0 aliphatic carbocycles. The summed E-state index contributed by atoms with van der Waals surface area (Å²) >= 11 is 5.91. The van der Waals surface area contributed by atoms with E-state index >= 15 is 0 Å². The third-order valence-electron chi connectivity index (χ3n) is 2.10. The molecule has 2 heterocycles. The van der Waals surface area contributed by atoms with Crippen molar-refractivity contribution in [2.45, 2.75) is 13.5 Å². The first-order valence-corrected chi connectivity index (χ1v) is 5.24. The second-order valence-electron chi connectivity index (χ2n) is 3.38. The molecule has 0 aliphatic heterocycles. The minimum absolute atomic E-state index is 0.516. The van der Waals surface area contributed by atoms with Crippen LogP contribution in [0.4, 0.5) is 5.82 Å². The lowest BCUT2D eigenvalue weighted by Crippen LogP contribution is -2.02. The minimum Gasteiger partial charge on any atom is -0.365 e. The molecule has 0 spiro atoms. The highest BCUT2D eigenvalue weighted by atomic mass is 35.5. The first kappa shape index (κ1) is 10.8. The van der Waals surface area contributed by atoms with Crippen LogP contribution >= 0.6 is 11.6 Å². The van der Waals surface area contributed by atoms with Crippen LogP contribution in [0, 0.1) is 6.92 Å². The smallest absolute Gasteiger partial charge is 0.148 e. The maximum Gasteiger partial charge on any atom is 0.148 e. The molecule has 0 saturated heterocycles. The van der Waals surface area contributed by atoms with Crippen LogP contribution in [-0.2, 0) is 6.54 Å². The van der Waals surface area contributed by atoms with Crippen molar-refractivity contribution in [3.8, 4) is 0 Å². The summed E-state index contributed by atoms with van der Waals surface area (Å²) < 4.78 is 0. The Labute approximate surface area is 98.7 Å². The monoisotopic (exact) mass is 234 g/mol. The molecule has 2 aromatic heterocycles. The molecule has 82 valence electrons. The number of nitrogens with one attached hydrogen (secondary N) is 1. The van der Waals surface area contributed by atoms with Gasteiger partial charge in [0.1, 0.15) is 17.2 Å². The molecule has 5 heteroatoms. The Morgan fingerprint density at radius 2 is 2.12 bits per heavy atom. The van der Waals surface area contributed by atoms with Crippen molar-refractivity contribution in [3.05, 3.63) is 47.1 Å². The fourth-order valence-corrected chi connectivity index (χ4v) is 1.40. The van der Waals surface area contributed by atoms with E-state index in [1.165, 1.54) is 6.33 Å².